The standard InChI is InChI=1S/C14H17FN2O2/c1-8-6-11-7-10(14(19)16-3)4-5-12(11)17(9(2)18)13(8)15/h4-5,7-8,13H,6H2,1-3H3,(H,16,19)/t8?,13-/m1/s1. The minimum Gasteiger partial charge on any atom is -0.355 e. The lowest BCUT2D eigenvalue weighted by atomic mass is 9.91. The highest BCUT2D eigenvalue weighted by molar-refractivity contribution is 5.97. The first-order chi connectivity index (χ1) is 8.95. The molecule has 0 saturated carbocycles. The summed E-state index contributed by atoms with van der Waals surface area (Å²) >= 11 is 0. The summed E-state index contributed by atoms with van der Waals surface area (Å²) in [5, 5.41) is 2.55. The van der Waals surface area contributed by atoms with Crippen LogP contribution in [0.2, 0.25) is 0 Å². The van der Waals surface area contributed by atoms with Crippen LogP contribution >= 0.6 is 0 Å². The number of fused-ring (bicyclic) bond motifs is 1. The Morgan fingerprint density at radius 3 is 2.68 bits per heavy atom. The Hall–Kier alpha value is -1.91. The van der Waals surface area contributed by atoms with Crippen molar-refractivity contribution in [3.05, 3.63) is 29.3 Å². The molecule has 1 N–H and O–H groups in total. The first-order valence-corrected chi connectivity index (χ1v) is 6.24. The average molecular weight is 264 g/mol. The summed E-state index contributed by atoms with van der Waals surface area (Å²) in [6.45, 7) is 3.11. The van der Waals surface area contributed by atoms with E-state index in [1.807, 2.05) is 0 Å². The molecule has 4 nitrogen and oxygen atoms in total. The molecule has 102 valence electrons. The highest BCUT2D eigenvalue weighted by Crippen LogP contribution is 2.35. The van der Waals surface area contributed by atoms with Crippen molar-refractivity contribution in [3.63, 3.8) is 0 Å². The largest absolute Gasteiger partial charge is 0.355 e. The van der Waals surface area contributed by atoms with E-state index in [9.17, 15) is 14.0 Å². The number of carbonyl (C=O) groups is 2. The number of rotatable bonds is 1. The van der Waals surface area contributed by atoms with Gasteiger partial charge in [-0.05, 0) is 30.2 Å². The fourth-order valence-corrected chi connectivity index (χ4v) is 2.44. The van der Waals surface area contributed by atoms with Gasteiger partial charge in [0.15, 0.2) is 6.30 Å². The maximum atomic E-state index is 14.1. The molecule has 19 heavy (non-hydrogen) atoms. The molecule has 0 spiro atoms. The number of amides is 2. The fraction of sp³-hybridized carbons (Fsp3) is 0.429. The number of nitrogens with one attached hydrogen (secondary N) is 1. The average Bonchev–Trinajstić information content (AvgIpc) is 2.38. The van der Waals surface area contributed by atoms with Gasteiger partial charge in [-0.1, -0.05) is 6.92 Å². The predicted octanol–water partition coefficient (Wildman–Crippen LogP) is 1.89. The normalized spacial score (nSPS) is 21.8. The zero-order valence-corrected chi connectivity index (χ0v) is 11.2. The zero-order valence-electron chi connectivity index (χ0n) is 11.2. The highest BCUT2D eigenvalue weighted by atomic mass is 19.1. The lowest BCUT2D eigenvalue weighted by molar-refractivity contribution is -0.118. The molecule has 5 heteroatoms. The van der Waals surface area contributed by atoms with E-state index >= 15 is 0 Å². The van der Waals surface area contributed by atoms with E-state index in [0.29, 0.717) is 17.7 Å². The number of halogens is 1. The second-order valence-electron chi connectivity index (χ2n) is 4.87. The van der Waals surface area contributed by atoms with Gasteiger partial charge in [-0.3, -0.25) is 14.5 Å². The van der Waals surface area contributed by atoms with Gasteiger partial charge in [-0.15, -0.1) is 0 Å². The van der Waals surface area contributed by atoms with Crippen LogP contribution < -0.4 is 10.2 Å². The van der Waals surface area contributed by atoms with Crippen molar-refractivity contribution < 1.29 is 14.0 Å². The summed E-state index contributed by atoms with van der Waals surface area (Å²) in [4.78, 5) is 24.4. The van der Waals surface area contributed by atoms with E-state index in [1.54, 1.807) is 32.2 Å². The SMILES string of the molecule is CNC(=O)c1ccc2c(c1)CC(C)[C@H](F)N2C(C)=O. The maximum Gasteiger partial charge on any atom is 0.251 e. The minimum atomic E-state index is -1.31. The summed E-state index contributed by atoms with van der Waals surface area (Å²) in [6.07, 6.45) is -0.790. The third kappa shape index (κ3) is 2.32. The summed E-state index contributed by atoms with van der Waals surface area (Å²) < 4.78 is 14.1. The predicted molar refractivity (Wildman–Crippen MR) is 70.8 cm³/mol. The molecule has 2 rings (SSSR count). The fourth-order valence-electron chi connectivity index (χ4n) is 2.44. The monoisotopic (exact) mass is 264 g/mol. The third-order valence-electron chi connectivity index (χ3n) is 3.43. The van der Waals surface area contributed by atoms with Crippen molar-refractivity contribution in [1.82, 2.24) is 5.32 Å². The molecular weight excluding hydrogens is 247 g/mol. The Labute approximate surface area is 111 Å². The summed E-state index contributed by atoms with van der Waals surface area (Å²) in [6, 6.07) is 4.97. The van der Waals surface area contributed by atoms with Gasteiger partial charge < -0.3 is 5.32 Å². The third-order valence-corrected chi connectivity index (χ3v) is 3.43. The van der Waals surface area contributed by atoms with Crippen LogP contribution in [-0.2, 0) is 11.2 Å². The van der Waals surface area contributed by atoms with Gasteiger partial charge in [0.2, 0.25) is 5.91 Å². The van der Waals surface area contributed by atoms with Crippen molar-refractivity contribution in [3.8, 4) is 0 Å². The van der Waals surface area contributed by atoms with Gasteiger partial charge in [-0.2, -0.15) is 0 Å². The van der Waals surface area contributed by atoms with E-state index in [0.717, 1.165) is 10.5 Å². The molecule has 1 unspecified atom stereocenters. The summed E-state index contributed by atoms with van der Waals surface area (Å²) in [5.41, 5.74) is 1.91. The molecular formula is C14H17FN2O2. The minimum absolute atomic E-state index is 0.188. The van der Waals surface area contributed by atoms with Crippen LogP contribution in [0, 0.1) is 5.92 Å². The molecule has 2 amide bonds. The Kier molecular flexibility index (Phi) is 3.55. The topological polar surface area (TPSA) is 49.4 Å². The van der Waals surface area contributed by atoms with E-state index in [2.05, 4.69) is 5.32 Å². The summed E-state index contributed by atoms with van der Waals surface area (Å²) in [5.74, 6) is -0.795. The van der Waals surface area contributed by atoms with E-state index in [4.69, 9.17) is 0 Å². The molecule has 0 aliphatic carbocycles. The smallest absolute Gasteiger partial charge is 0.251 e. The first kappa shape index (κ1) is 13.5. The van der Waals surface area contributed by atoms with Crippen molar-refractivity contribution >= 4 is 17.5 Å². The van der Waals surface area contributed by atoms with Gasteiger partial charge in [-0.25, -0.2) is 4.39 Å². The lowest BCUT2D eigenvalue weighted by Gasteiger charge is -2.36. The van der Waals surface area contributed by atoms with Crippen LogP contribution in [0.4, 0.5) is 10.1 Å². The number of anilines is 1. The molecule has 0 radical (unpaired) electrons. The van der Waals surface area contributed by atoms with Crippen molar-refractivity contribution in [2.24, 2.45) is 5.92 Å². The van der Waals surface area contributed by atoms with Crippen LogP contribution in [0.3, 0.4) is 0 Å². The molecule has 2 atom stereocenters. The van der Waals surface area contributed by atoms with E-state index in [1.165, 1.54) is 6.92 Å². The second-order valence-corrected chi connectivity index (χ2v) is 4.87. The Balaban J connectivity index is 2.48. The van der Waals surface area contributed by atoms with Crippen LogP contribution in [-0.4, -0.2) is 25.2 Å². The molecule has 1 aliphatic rings. The van der Waals surface area contributed by atoms with Gasteiger partial charge in [0, 0.05) is 31.1 Å². The molecule has 0 aromatic heterocycles. The molecule has 1 aromatic carbocycles. The molecule has 1 heterocycles. The van der Waals surface area contributed by atoms with Crippen LogP contribution in [0.1, 0.15) is 29.8 Å². The van der Waals surface area contributed by atoms with E-state index in [-0.39, 0.29) is 17.7 Å². The van der Waals surface area contributed by atoms with Crippen molar-refractivity contribution in [2.75, 3.05) is 11.9 Å². The first-order valence-electron chi connectivity index (χ1n) is 6.24. The number of benzene rings is 1. The molecule has 0 bridgehead atoms. The number of alkyl halides is 1. The number of carbonyl (C=O) groups excluding carboxylic acids is 2. The van der Waals surface area contributed by atoms with Crippen LogP contribution in [0.25, 0.3) is 0 Å². The Bertz CT molecular complexity index is 530. The quantitative estimate of drug-likeness (QED) is 0.787. The second kappa shape index (κ2) is 4.99. The zero-order chi connectivity index (χ0) is 14.2. The van der Waals surface area contributed by atoms with E-state index < -0.39 is 6.30 Å². The van der Waals surface area contributed by atoms with Crippen molar-refractivity contribution in [2.45, 2.75) is 26.6 Å². The maximum absolute atomic E-state index is 14.1. The van der Waals surface area contributed by atoms with Crippen LogP contribution in [0.5, 0.6) is 0 Å². The van der Waals surface area contributed by atoms with Crippen molar-refractivity contribution in [1.29, 1.82) is 0 Å². The Morgan fingerprint density at radius 2 is 2.11 bits per heavy atom. The summed E-state index contributed by atoms with van der Waals surface area (Å²) in [7, 11) is 1.56. The van der Waals surface area contributed by atoms with Crippen LogP contribution in [0.15, 0.2) is 18.2 Å². The molecule has 1 aromatic rings. The number of hydrogen-bond donors (Lipinski definition) is 1. The Morgan fingerprint density at radius 1 is 1.42 bits per heavy atom. The van der Waals surface area contributed by atoms with Gasteiger partial charge in [0.1, 0.15) is 0 Å². The molecule has 0 fully saturated rings. The van der Waals surface area contributed by atoms with Gasteiger partial charge in [0.25, 0.3) is 5.91 Å². The number of hydrogen-bond acceptors (Lipinski definition) is 2. The number of nitrogens with zero attached hydrogens (tertiary/aromatic N) is 1. The molecule has 0 saturated heterocycles. The lowest BCUT2D eigenvalue weighted by Crippen LogP contribution is -2.44. The molecule has 1 aliphatic heterocycles. The van der Waals surface area contributed by atoms with Gasteiger partial charge in [0.05, 0.1) is 0 Å². The van der Waals surface area contributed by atoms with Gasteiger partial charge >= 0.3 is 0 Å². The highest BCUT2D eigenvalue weighted by Gasteiger charge is 2.34.